The monoisotopic (exact) mass is 465 g/mol. The number of hydrogen-bond donors (Lipinski definition) is 0. The fourth-order valence-corrected chi connectivity index (χ4v) is 5.12. The van der Waals surface area contributed by atoms with Crippen LogP contribution in [0.25, 0.3) is 16.0 Å². The van der Waals surface area contributed by atoms with Crippen molar-refractivity contribution in [2.24, 2.45) is 0 Å². The Labute approximate surface area is 195 Å². The smallest absolute Gasteiger partial charge is 0.254 e. The van der Waals surface area contributed by atoms with E-state index in [0.717, 1.165) is 45.6 Å². The second-order valence-electron chi connectivity index (χ2n) is 7.99. The molecule has 7 nitrogen and oxygen atoms in total. The lowest BCUT2D eigenvalue weighted by atomic mass is 10.2. The van der Waals surface area contributed by atoms with Crippen molar-refractivity contribution in [1.29, 1.82) is 0 Å². The molecule has 4 aromatic rings. The van der Waals surface area contributed by atoms with Crippen LogP contribution in [-0.2, 0) is 0 Å². The van der Waals surface area contributed by atoms with Crippen molar-refractivity contribution in [3.63, 3.8) is 0 Å². The number of halogens is 1. The number of aryl methyl sites for hydroxylation is 1. The summed E-state index contributed by atoms with van der Waals surface area (Å²) in [4.78, 5) is 21.8. The standard InChI is InChI=1S/C24H24FN5O2S/c1-16-21-22(30(27-16)19-7-9-20(32-2)10-8-19)26-24(33-21)29-12-4-11-28(13-14-29)23(31)17-5-3-6-18(25)15-17/h3,5-10,15H,4,11-14H2,1-2H3. The van der Waals surface area contributed by atoms with E-state index >= 15 is 0 Å². The summed E-state index contributed by atoms with van der Waals surface area (Å²) >= 11 is 1.62. The second-order valence-corrected chi connectivity index (χ2v) is 8.97. The summed E-state index contributed by atoms with van der Waals surface area (Å²) < 4.78 is 21.7. The zero-order valence-electron chi connectivity index (χ0n) is 18.5. The largest absolute Gasteiger partial charge is 0.497 e. The van der Waals surface area contributed by atoms with Crippen LogP contribution in [0.5, 0.6) is 5.75 Å². The highest BCUT2D eigenvalue weighted by Crippen LogP contribution is 2.33. The molecule has 0 aliphatic carbocycles. The topological polar surface area (TPSA) is 63.5 Å². The van der Waals surface area contributed by atoms with E-state index in [-0.39, 0.29) is 5.91 Å². The van der Waals surface area contributed by atoms with Gasteiger partial charge in [-0.05, 0) is 55.8 Å². The van der Waals surface area contributed by atoms with Gasteiger partial charge in [-0.25, -0.2) is 9.07 Å². The van der Waals surface area contributed by atoms with Gasteiger partial charge in [-0.15, -0.1) is 0 Å². The number of ether oxygens (including phenoxy) is 1. The van der Waals surface area contributed by atoms with E-state index in [1.807, 2.05) is 35.9 Å². The van der Waals surface area contributed by atoms with Crippen molar-refractivity contribution in [1.82, 2.24) is 19.7 Å². The molecular weight excluding hydrogens is 441 g/mol. The molecule has 1 saturated heterocycles. The number of aromatic nitrogens is 3. The lowest BCUT2D eigenvalue weighted by Crippen LogP contribution is -2.35. The number of anilines is 1. The van der Waals surface area contributed by atoms with Crippen LogP contribution in [-0.4, -0.2) is 58.9 Å². The highest BCUT2D eigenvalue weighted by molar-refractivity contribution is 7.22. The van der Waals surface area contributed by atoms with Crippen LogP contribution in [0.3, 0.4) is 0 Å². The Morgan fingerprint density at radius 1 is 1.09 bits per heavy atom. The molecule has 1 aliphatic heterocycles. The number of fused-ring (bicyclic) bond motifs is 1. The highest BCUT2D eigenvalue weighted by Gasteiger charge is 2.24. The summed E-state index contributed by atoms with van der Waals surface area (Å²) in [7, 11) is 1.64. The Hall–Kier alpha value is -3.46. The first kappa shape index (κ1) is 21.4. The minimum atomic E-state index is -0.395. The number of hydrogen-bond acceptors (Lipinski definition) is 6. The fraction of sp³-hybridized carbons (Fsp3) is 0.292. The Morgan fingerprint density at radius 2 is 1.91 bits per heavy atom. The summed E-state index contributed by atoms with van der Waals surface area (Å²) in [5.74, 6) is 0.263. The van der Waals surface area contributed by atoms with Gasteiger partial charge >= 0.3 is 0 Å². The minimum Gasteiger partial charge on any atom is -0.497 e. The van der Waals surface area contributed by atoms with Gasteiger partial charge in [-0.2, -0.15) is 10.1 Å². The molecule has 1 amide bonds. The molecule has 0 radical (unpaired) electrons. The van der Waals surface area contributed by atoms with Crippen LogP contribution in [0.15, 0.2) is 48.5 Å². The molecule has 0 saturated carbocycles. The van der Waals surface area contributed by atoms with Gasteiger partial charge < -0.3 is 14.5 Å². The van der Waals surface area contributed by atoms with Crippen LogP contribution in [0.1, 0.15) is 22.5 Å². The van der Waals surface area contributed by atoms with Crippen LogP contribution < -0.4 is 9.64 Å². The zero-order valence-corrected chi connectivity index (χ0v) is 19.3. The van der Waals surface area contributed by atoms with Gasteiger partial charge in [0, 0.05) is 31.7 Å². The number of rotatable bonds is 4. The SMILES string of the molecule is COc1ccc(-n2nc(C)c3sc(N4CCCN(C(=O)c5cccc(F)c5)CC4)nc32)cc1. The number of thiazole rings is 1. The Bertz CT molecular complexity index is 1300. The minimum absolute atomic E-state index is 0.133. The number of benzene rings is 2. The van der Waals surface area contributed by atoms with E-state index in [4.69, 9.17) is 9.72 Å². The molecule has 3 heterocycles. The first-order valence-corrected chi connectivity index (χ1v) is 11.7. The average Bonchev–Trinajstić information content (AvgIpc) is 3.29. The first-order chi connectivity index (χ1) is 16.0. The molecule has 2 aromatic carbocycles. The molecule has 9 heteroatoms. The van der Waals surface area contributed by atoms with Gasteiger partial charge in [0.05, 0.1) is 23.2 Å². The summed E-state index contributed by atoms with van der Waals surface area (Å²) in [6, 6.07) is 13.6. The van der Waals surface area contributed by atoms with E-state index in [2.05, 4.69) is 10.00 Å². The van der Waals surface area contributed by atoms with E-state index in [9.17, 15) is 9.18 Å². The quantitative estimate of drug-likeness (QED) is 0.450. The number of amides is 1. The molecule has 1 fully saturated rings. The van der Waals surface area contributed by atoms with Gasteiger partial charge in [0.2, 0.25) is 0 Å². The fourth-order valence-electron chi connectivity index (χ4n) is 4.08. The van der Waals surface area contributed by atoms with Crippen LogP contribution in [0.4, 0.5) is 9.52 Å². The molecule has 0 bridgehead atoms. The molecule has 0 atom stereocenters. The Balaban J connectivity index is 1.37. The van der Waals surface area contributed by atoms with Crippen LogP contribution >= 0.6 is 11.3 Å². The van der Waals surface area contributed by atoms with Gasteiger partial charge in [0.15, 0.2) is 10.8 Å². The van der Waals surface area contributed by atoms with Gasteiger partial charge in [-0.3, -0.25) is 4.79 Å². The maximum atomic E-state index is 13.6. The molecule has 0 N–H and O–H groups in total. The molecule has 0 unspecified atom stereocenters. The first-order valence-electron chi connectivity index (χ1n) is 10.8. The third kappa shape index (κ3) is 4.16. The number of nitrogens with zero attached hydrogens (tertiary/aromatic N) is 5. The summed E-state index contributed by atoms with van der Waals surface area (Å²) in [6.07, 6.45) is 0.820. The van der Waals surface area contributed by atoms with Crippen molar-refractivity contribution < 1.29 is 13.9 Å². The molecular formula is C24H24FN5O2S. The lowest BCUT2D eigenvalue weighted by Gasteiger charge is -2.21. The third-order valence-corrected chi connectivity index (χ3v) is 7.03. The molecule has 5 rings (SSSR count). The molecule has 0 spiro atoms. The van der Waals surface area contributed by atoms with E-state index < -0.39 is 5.82 Å². The second kappa shape index (κ2) is 8.82. The highest BCUT2D eigenvalue weighted by atomic mass is 32.1. The summed E-state index contributed by atoms with van der Waals surface area (Å²) in [6.45, 7) is 4.67. The number of carbonyl (C=O) groups is 1. The van der Waals surface area contributed by atoms with Gasteiger partial charge in [0.1, 0.15) is 11.6 Å². The predicted molar refractivity (Wildman–Crippen MR) is 127 cm³/mol. The van der Waals surface area contributed by atoms with Crippen molar-refractivity contribution in [2.45, 2.75) is 13.3 Å². The zero-order chi connectivity index (χ0) is 22.9. The van der Waals surface area contributed by atoms with Gasteiger partial charge in [0.25, 0.3) is 5.91 Å². The van der Waals surface area contributed by atoms with E-state index in [1.54, 1.807) is 35.5 Å². The number of carbonyl (C=O) groups excluding carboxylic acids is 1. The number of methoxy groups -OCH3 is 1. The third-order valence-electron chi connectivity index (χ3n) is 5.82. The molecule has 1 aliphatic rings. The van der Waals surface area contributed by atoms with Crippen molar-refractivity contribution >= 4 is 32.7 Å². The van der Waals surface area contributed by atoms with Crippen molar-refractivity contribution in [3.8, 4) is 11.4 Å². The normalized spacial score (nSPS) is 14.5. The van der Waals surface area contributed by atoms with Gasteiger partial charge in [-0.1, -0.05) is 17.4 Å². The molecule has 170 valence electrons. The van der Waals surface area contributed by atoms with E-state index in [1.165, 1.54) is 12.1 Å². The van der Waals surface area contributed by atoms with Crippen LogP contribution in [0.2, 0.25) is 0 Å². The maximum Gasteiger partial charge on any atom is 0.254 e. The Morgan fingerprint density at radius 3 is 2.67 bits per heavy atom. The van der Waals surface area contributed by atoms with Crippen LogP contribution in [0, 0.1) is 12.7 Å². The van der Waals surface area contributed by atoms with E-state index in [0.29, 0.717) is 25.2 Å². The lowest BCUT2D eigenvalue weighted by molar-refractivity contribution is 0.0766. The predicted octanol–water partition coefficient (Wildman–Crippen LogP) is 4.29. The average molecular weight is 466 g/mol. The molecule has 2 aromatic heterocycles. The summed E-state index contributed by atoms with van der Waals surface area (Å²) in [5.41, 5.74) is 3.07. The van der Waals surface area contributed by atoms with Crippen molar-refractivity contribution in [3.05, 3.63) is 65.6 Å². The maximum absolute atomic E-state index is 13.6. The molecule has 33 heavy (non-hydrogen) atoms. The van der Waals surface area contributed by atoms with Crippen molar-refractivity contribution in [2.75, 3.05) is 38.2 Å². The summed E-state index contributed by atoms with van der Waals surface area (Å²) in [5, 5.41) is 5.60. The Kier molecular flexibility index (Phi) is 5.72.